The van der Waals surface area contributed by atoms with Gasteiger partial charge >= 0.3 is 0 Å². The highest BCUT2D eigenvalue weighted by molar-refractivity contribution is 7.93. The van der Waals surface area contributed by atoms with Crippen LogP contribution >= 0.6 is 11.3 Å². The van der Waals surface area contributed by atoms with Crippen molar-refractivity contribution in [3.63, 3.8) is 0 Å². The lowest BCUT2D eigenvalue weighted by molar-refractivity contribution is 0.0601. The molecule has 10 heteroatoms. The number of ether oxygens (including phenoxy) is 1. The molecule has 1 aliphatic rings. The topological polar surface area (TPSA) is 91.8 Å². The van der Waals surface area contributed by atoms with Crippen molar-refractivity contribution in [2.75, 3.05) is 38.0 Å². The van der Waals surface area contributed by atoms with Crippen LogP contribution in [0.3, 0.4) is 0 Å². The van der Waals surface area contributed by atoms with Gasteiger partial charge in [-0.3, -0.25) is 14.4 Å². The number of benzene rings is 3. The van der Waals surface area contributed by atoms with Crippen molar-refractivity contribution in [3.8, 4) is 5.75 Å². The van der Waals surface area contributed by atoms with Crippen molar-refractivity contribution in [3.05, 3.63) is 107 Å². The van der Waals surface area contributed by atoms with Crippen LogP contribution in [0, 0.1) is 6.92 Å². The number of thiazole rings is 1. The van der Waals surface area contributed by atoms with Crippen molar-refractivity contribution in [1.29, 1.82) is 0 Å². The number of sulfonamides is 1. The van der Waals surface area contributed by atoms with Crippen molar-refractivity contribution < 1.29 is 17.9 Å². The largest absolute Gasteiger partial charge is 0.497 e. The molecule has 39 heavy (non-hydrogen) atoms. The molecule has 1 N–H and O–H groups in total. The van der Waals surface area contributed by atoms with Gasteiger partial charge in [0.1, 0.15) is 10.6 Å². The molecule has 1 fully saturated rings. The number of methoxy groups -OCH3 is 1. The third kappa shape index (κ3) is 5.98. The standard InChI is InChI=1S/C29H30N4O4S2/c1-21-27(38-29(30-21)31-39(35,36)25-15-13-24(37-2)14-16-25)28(34)33-19-17-32(18-20-33)26(22-9-5-3-6-10-22)23-11-7-4-8-12-23/h3-16,26H,17-20H2,1-2H3,(H,30,31). The van der Waals surface area contributed by atoms with Crippen LogP contribution in [-0.4, -0.2) is 62.4 Å². The Morgan fingerprint density at radius 1 is 0.897 bits per heavy atom. The Bertz CT molecular complexity index is 1480. The summed E-state index contributed by atoms with van der Waals surface area (Å²) in [7, 11) is -2.33. The molecular weight excluding hydrogens is 532 g/mol. The van der Waals surface area contributed by atoms with E-state index in [4.69, 9.17) is 4.74 Å². The summed E-state index contributed by atoms with van der Waals surface area (Å²) >= 11 is 1.06. The molecule has 1 aliphatic heterocycles. The summed E-state index contributed by atoms with van der Waals surface area (Å²) in [5, 5.41) is 0.165. The summed E-state index contributed by atoms with van der Waals surface area (Å²) in [6.45, 7) is 4.30. The van der Waals surface area contributed by atoms with E-state index in [1.54, 1.807) is 19.1 Å². The predicted octanol–water partition coefficient (Wildman–Crippen LogP) is 4.81. The van der Waals surface area contributed by atoms with Crippen molar-refractivity contribution >= 4 is 32.4 Å². The number of nitrogens with zero attached hydrogens (tertiary/aromatic N) is 3. The van der Waals surface area contributed by atoms with Crippen molar-refractivity contribution in [2.45, 2.75) is 17.9 Å². The Balaban J connectivity index is 1.27. The molecule has 1 saturated heterocycles. The Hall–Kier alpha value is -3.73. The molecule has 1 amide bonds. The van der Waals surface area contributed by atoms with Crippen LogP contribution in [0.1, 0.15) is 32.5 Å². The number of nitrogens with one attached hydrogen (secondary N) is 1. The number of carbonyl (C=O) groups excluding carboxylic acids is 1. The molecule has 4 aromatic rings. The Morgan fingerprint density at radius 2 is 1.46 bits per heavy atom. The molecule has 2 heterocycles. The normalized spacial score (nSPS) is 14.4. The highest BCUT2D eigenvalue weighted by Gasteiger charge is 2.30. The van der Waals surface area contributed by atoms with Gasteiger partial charge in [-0.1, -0.05) is 72.0 Å². The maximum atomic E-state index is 13.4. The molecule has 202 valence electrons. The fourth-order valence-electron chi connectivity index (χ4n) is 4.78. The van der Waals surface area contributed by atoms with Gasteiger partial charge in [0.25, 0.3) is 15.9 Å². The number of anilines is 1. The summed E-state index contributed by atoms with van der Waals surface area (Å²) in [4.78, 5) is 22.5. The lowest BCUT2D eigenvalue weighted by Crippen LogP contribution is -2.49. The highest BCUT2D eigenvalue weighted by atomic mass is 32.2. The molecule has 3 aromatic carbocycles. The minimum Gasteiger partial charge on any atom is -0.497 e. The van der Waals surface area contributed by atoms with E-state index in [1.165, 1.54) is 30.4 Å². The number of aromatic nitrogens is 1. The Morgan fingerprint density at radius 3 is 2.00 bits per heavy atom. The first-order chi connectivity index (χ1) is 18.9. The number of rotatable bonds is 8. The second-order valence-corrected chi connectivity index (χ2v) is 11.9. The average molecular weight is 563 g/mol. The number of hydrogen-bond donors (Lipinski definition) is 1. The fourth-order valence-corrected chi connectivity index (χ4v) is 6.95. The smallest absolute Gasteiger partial charge is 0.266 e. The number of hydrogen-bond acceptors (Lipinski definition) is 7. The number of aryl methyl sites for hydroxylation is 1. The van der Waals surface area contributed by atoms with E-state index >= 15 is 0 Å². The van der Waals surface area contributed by atoms with E-state index in [1.807, 2.05) is 17.0 Å². The second kappa shape index (κ2) is 11.6. The Labute approximate surface area is 232 Å². The van der Waals surface area contributed by atoms with Crippen molar-refractivity contribution in [1.82, 2.24) is 14.8 Å². The molecule has 0 unspecified atom stereocenters. The van der Waals surface area contributed by atoms with Gasteiger partial charge in [0.15, 0.2) is 5.13 Å². The lowest BCUT2D eigenvalue weighted by atomic mass is 9.96. The van der Waals surface area contributed by atoms with Crippen LogP contribution in [0.5, 0.6) is 5.75 Å². The monoisotopic (exact) mass is 562 g/mol. The number of amides is 1. The Kier molecular flexibility index (Phi) is 7.97. The van der Waals surface area contributed by atoms with Crippen LogP contribution in [0.15, 0.2) is 89.8 Å². The predicted molar refractivity (Wildman–Crippen MR) is 153 cm³/mol. The summed E-state index contributed by atoms with van der Waals surface area (Å²) in [5.74, 6) is 0.432. The van der Waals surface area contributed by atoms with Crippen LogP contribution in [-0.2, 0) is 10.0 Å². The first kappa shape index (κ1) is 26.9. The van der Waals surface area contributed by atoms with Crippen LogP contribution in [0.25, 0.3) is 0 Å². The molecule has 0 atom stereocenters. The van der Waals surface area contributed by atoms with E-state index in [0.717, 1.165) is 24.4 Å². The average Bonchev–Trinajstić information content (AvgIpc) is 3.33. The third-order valence-electron chi connectivity index (χ3n) is 6.78. The molecule has 5 rings (SSSR count). The summed E-state index contributed by atoms with van der Waals surface area (Å²) in [6, 6.07) is 27.0. The molecule has 0 radical (unpaired) electrons. The molecule has 1 aromatic heterocycles. The summed E-state index contributed by atoms with van der Waals surface area (Å²) < 4.78 is 33.3. The fraction of sp³-hybridized carbons (Fsp3) is 0.241. The van der Waals surface area contributed by atoms with Gasteiger partial charge in [-0.15, -0.1) is 0 Å². The van der Waals surface area contributed by atoms with E-state index in [0.29, 0.717) is 29.4 Å². The van der Waals surface area contributed by atoms with E-state index in [-0.39, 0.29) is 22.0 Å². The first-order valence-electron chi connectivity index (χ1n) is 12.6. The van der Waals surface area contributed by atoms with Gasteiger partial charge in [0, 0.05) is 26.2 Å². The van der Waals surface area contributed by atoms with Gasteiger partial charge in [0.2, 0.25) is 0 Å². The van der Waals surface area contributed by atoms with Crippen molar-refractivity contribution in [2.24, 2.45) is 0 Å². The van der Waals surface area contributed by atoms with Gasteiger partial charge in [0.05, 0.1) is 23.7 Å². The third-order valence-corrected chi connectivity index (χ3v) is 9.32. The zero-order valence-corrected chi connectivity index (χ0v) is 23.4. The van der Waals surface area contributed by atoms with Gasteiger partial charge in [-0.25, -0.2) is 13.4 Å². The molecule has 8 nitrogen and oxygen atoms in total. The minimum absolute atomic E-state index is 0.0894. The summed E-state index contributed by atoms with van der Waals surface area (Å²) in [5.41, 5.74) is 2.94. The van der Waals surface area contributed by atoms with Crippen LogP contribution in [0.4, 0.5) is 5.13 Å². The molecule has 0 bridgehead atoms. The van der Waals surface area contributed by atoms with E-state index in [2.05, 4.69) is 63.1 Å². The SMILES string of the molecule is COc1ccc(S(=O)(=O)Nc2nc(C)c(C(=O)N3CCN(C(c4ccccc4)c4ccccc4)CC3)s2)cc1. The molecular formula is C29H30N4O4S2. The van der Waals surface area contributed by atoms with E-state index in [9.17, 15) is 13.2 Å². The first-order valence-corrected chi connectivity index (χ1v) is 14.9. The van der Waals surface area contributed by atoms with Gasteiger partial charge in [-0.2, -0.15) is 0 Å². The van der Waals surface area contributed by atoms with Gasteiger partial charge in [-0.05, 0) is 42.3 Å². The van der Waals surface area contributed by atoms with Crippen LogP contribution in [0.2, 0.25) is 0 Å². The molecule has 0 spiro atoms. The van der Waals surface area contributed by atoms with Gasteiger partial charge < -0.3 is 9.64 Å². The highest BCUT2D eigenvalue weighted by Crippen LogP contribution is 2.31. The number of piperazine rings is 1. The quantitative estimate of drug-likeness (QED) is 0.332. The number of carbonyl (C=O) groups is 1. The zero-order chi connectivity index (χ0) is 27.4. The second-order valence-electron chi connectivity index (χ2n) is 9.27. The summed E-state index contributed by atoms with van der Waals surface area (Å²) in [6.07, 6.45) is 0. The lowest BCUT2D eigenvalue weighted by Gasteiger charge is -2.39. The van der Waals surface area contributed by atoms with Crippen LogP contribution < -0.4 is 9.46 Å². The molecule has 0 aliphatic carbocycles. The molecule has 0 saturated carbocycles. The minimum atomic E-state index is -3.85. The zero-order valence-electron chi connectivity index (χ0n) is 21.8. The maximum absolute atomic E-state index is 13.4. The maximum Gasteiger partial charge on any atom is 0.266 e. The van der Waals surface area contributed by atoms with E-state index < -0.39 is 10.0 Å².